The zero-order valence-electron chi connectivity index (χ0n) is 19.1. The lowest BCUT2D eigenvalue weighted by atomic mass is 10.1. The standard InChI is InChI=1S/C26H24BrN3O4/c1-16-4-7-18-13-24(34-23(18)12-16)22-15-33-29-25(21-11-10-20(27)26(28-21)32-3)30(22)14-17-5-8-19(31-2)9-6-17/h4-13,22H,14-15H2,1-3H3/t22-/m1/s1. The van der Waals surface area contributed by atoms with Gasteiger partial charge in [0.25, 0.3) is 0 Å². The number of aromatic nitrogens is 1. The fraction of sp³-hybridized carbons (Fsp3) is 0.231. The van der Waals surface area contributed by atoms with Gasteiger partial charge in [0.05, 0.1) is 18.7 Å². The molecule has 0 spiro atoms. The Kier molecular flexibility index (Phi) is 6.15. The van der Waals surface area contributed by atoms with Gasteiger partial charge in [-0.05, 0) is 70.4 Å². The first-order valence-corrected chi connectivity index (χ1v) is 11.7. The fourth-order valence-electron chi connectivity index (χ4n) is 4.02. The predicted octanol–water partition coefficient (Wildman–Crippen LogP) is 5.85. The molecular weight excluding hydrogens is 498 g/mol. The van der Waals surface area contributed by atoms with Gasteiger partial charge in [0.2, 0.25) is 5.88 Å². The summed E-state index contributed by atoms with van der Waals surface area (Å²) in [6, 6.07) is 19.8. The minimum absolute atomic E-state index is 0.196. The zero-order chi connectivity index (χ0) is 23.7. The van der Waals surface area contributed by atoms with Crippen LogP contribution in [0, 0.1) is 6.92 Å². The molecule has 8 heteroatoms. The molecule has 174 valence electrons. The topological polar surface area (TPSA) is 69.3 Å². The van der Waals surface area contributed by atoms with Crippen LogP contribution in [0.4, 0.5) is 0 Å². The van der Waals surface area contributed by atoms with E-state index < -0.39 is 0 Å². The highest BCUT2D eigenvalue weighted by atomic mass is 79.9. The van der Waals surface area contributed by atoms with Crippen molar-refractivity contribution in [1.82, 2.24) is 9.88 Å². The number of pyridine rings is 1. The molecule has 0 radical (unpaired) electrons. The number of furan rings is 1. The number of nitrogens with zero attached hydrogens (tertiary/aromatic N) is 3. The lowest BCUT2D eigenvalue weighted by Crippen LogP contribution is -2.40. The predicted molar refractivity (Wildman–Crippen MR) is 133 cm³/mol. The highest BCUT2D eigenvalue weighted by Gasteiger charge is 2.33. The summed E-state index contributed by atoms with van der Waals surface area (Å²) in [5, 5.41) is 5.46. The fourth-order valence-corrected chi connectivity index (χ4v) is 4.40. The van der Waals surface area contributed by atoms with E-state index in [4.69, 9.17) is 18.7 Å². The van der Waals surface area contributed by atoms with Crippen LogP contribution >= 0.6 is 15.9 Å². The second kappa shape index (κ2) is 9.38. The number of rotatable bonds is 6. The van der Waals surface area contributed by atoms with Crippen LogP contribution in [0.15, 0.2) is 74.7 Å². The van der Waals surface area contributed by atoms with Gasteiger partial charge in [0.1, 0.15) is 35.4 Å². The number of oxime groups is 1. The summed E-state index contributed by atoms with van der Waals surface area (Å²) in [5.41, 5.74) is 3.74. The Morgan fingerprint density at radius 2 is 1.85 bits per heavy atom. The molecular formula is C26H24BrN3O4. The first-order chi connectivity index (χ1) is 16.6. The molecule has 0 bridgehead atoms. The quantitative estimate of drug-likeness (QED) is 0.317. The Bertz CT molecular complexity index is 1350. The molecule has 1 atom stereocenters. The summed E-state index contributed by atoms with van der Waals surface area (Å²) < 4.78 is 17.8. The van der Waals surface area contributed by atoms with Gasteiger partial charge in [-0.25, -0.2) is 4.98 Å². The summed E-state index contributed by atoms with van der Waals surface area (Å²) in [4.78, 5) is 12.5. The summed E-state index contributed by atoms with van der Waals surface area (Å²) in [6.45, 7) is 2.98. The highest BCUT2D eigenvalue weighted by Crippen LogP contribution is 2.34. The number of methoxy groups -OCH3 is 2. The molecule has 4 aromatic rings. The molecule has 0 amide bonds. The number of ether oxygens (including phenoxy) is 2. The summed E-state index contributed by atoms with van der Waals surface area (Å²) >= 11 is 3.47. The van der Waals surface area contributed by atoms with E-state index in [0.29, 0.717) is 30.6 Å². The zero-order valence-corrected chi connectivity index (χ0v) is 20.7. The molecule has 7 nitrogen and oxygen atoms in total. The van der Waals surface area contributed by atoms with Crippen molar-refractivity contribution in [3.05, 3.63) is 87.7 Å². The Labute approximate surface area is 206 Å². The SMILES string of the molecule is COc1ccc(CN2C(c3ccc(Br)c(OC)n3)=NOC[C@@H]2c2cc3ccc(C)cc3o2)cc1. The van der Waals surface area contributed by atoms with E-state index in [1.54, 1.807) is 14.2 Å². The number of aryl methyl sites for hydroxylation is 1. The third kappa shape index (κ3) is 4.33. The first kappa shape index (κ1) is 22.3. The van der Waals surface area contributed by atoms with Crippen molar-refractivity contribution < 1.29 is 18.7 Å². The molecule has 1 aliphatic heterocycles. The maximum atomic E-state index is 6.29. The van der Waals surface area contributed by atoms with Gasteiger partial charge in [0, 0.05) is 11.9 Å². The molecule has 2 aromatic carbocycles. The van der Waals surface area contributed by atoms with Crippen LogP contribution in [0.1, 0.15) is 28.6 Å². The van der Waals surface area contributed by atoms with Crippen molar-refractivity contribution in [3.63, 3.8) is 0 Å². The minimum atomic E-state index is -0.196. The molecule has 2 aromatic heterocycles. The van der Waals surface area contributed by atoms with Crippen LogP contribution < -0.4 is 9.47 Å². The van der Waals surface area contributed by atoms with Crippen LogP contribution in [0.5, 0.6) is 11.6 Å². The first-order valence-electron chi connectivity index (χ1n) is 10.9. The number of hydrogen-bond acceptors (Lipinski definition) is 7. The van der Waals surface area contributed by atoms with Crippen molar-refractivity contribution in [2.75, 3.05) is 20.8 Å². The number of hydrogen-bond donors (Lipinski definition) is 0. The van der Waals surface area contributed by atoms with E-state index >= 15 is 0 Å². The van der Waals surface area contributed by atoms with E-state index in [-0.39, 0.29) is 6.04 Å². The molecule has 0 aliphatic carbocycles. The number of fused-ring (bicyclic) bond motifs is 1. The molecule has 0 fully saturated rings. The van der Waals surface area contributed by atoms with Crippen LogP contribution in [0.2, 0.25) is 0 Å². The normalized spacial score (nSPS) is 15.7. The summed E-state index contributed by atoms with van der Waals surface area (Å²) in [7, 11) is 3.25. The molecule has 0 saturated carbocycles. The second-order valence-electron chi connectivity index (χ2n) is 8.08. The average Bonchev–Trinajstić information content (AvgIpc) is 3.28. The molecule has 1 aliphatic rings. The third-order valence-corrected chi connectivity index (χ3v) is 6.41. The van der Waals surface area contributed by atoms with E-state index in [2.05, 4.69) is 56.1 Å². The van der Waals surface area contributed by atoms with Crippen molar-refractivity contribution >= 4 is 32.7 Å². The largest absolute Gasteiger partial charge is 0.497 e. The van der Waals surface area contributed by atoms with E-state index in [1.165, 1.54) is 0 Å². The van der Waals surface area contributed by atoms with Crippen molar-refractivity contribution in [2.45, 2.75) is 19.5 Å². The molecule has 5 rings (SSSR count). The van der Waals surface area contributed by atoms with E-state index in [9.17, 15) is 0 Å². The molecule has 3 heterocycles. The van der Waals surface area contributed by atoms with Crippen molar-refractivity contribution in [1.29, 1.82) is 0 Å². The Hall–Kier alpha value is -3.52. The molecule has 0 saturated heterocycles. The third-order valence-electron chi connectivity index (χ3n) is 5.80. The van der Waals surface area contributed by atoms with Gasteiger partial charge >= 0.3 is 0 Å². The molecule has 0 N–H and O–H groups in total. The van der Waals surface area contributed by atoms with Crippen LogP contribution in [0.3, 0.4) is 0 Å². The lowest BCUT2D eigenvalue weighted by molar-refractivity contribution is 0.0500. The van der Waals surface area contributed by atoms with Crippen LogP contribution in [-0.2, 0) is 11.4 Å². The van der Waals surface area contributed by atoms with Gasteiger partial charge in [-0.3, -0.25) is 0 Å². The summed E-state index contributed by atoms with van der Waals surface area (Å²) in [6.07, 6.45) is 0. The van der Waals surface area contributed by atoms with Gasteiger partial charge in [-0.15, -0.1) is 0 Å². The monoisotopic (exact) mass is 521 g/mol. The van der Waals surface area contributed by atoms with Crippen molar-refractivity contribution in [2.24, 2.45) is 5.16 Å². The molecule has 0 unspecified atom stereocenters. The second-order valence-corrected chi connectivity index (χ2v) is 8.93. The minimum Gasteiger partial charge on any atom is -0.497 e. The van der Waals surface area contributed by atoms with Gasteiger partial charge in [-0.1, -0.05) is 29.4 Å². The average molecular weight is 522 g/mol. The highest BCUT2D eigenvalue weighted by molar-refractivity contribution is 9.10. The maximum absolute atomic E-state index is 6.29. The lowest BCUT2D eigenvalue weighted by Gasteiger charge is -2.35. The summed E-state index contributed by atoms with van der Waals surface area (Å²) in [5.74, 6) is 2.70. The molecule has 34 heavy (non-hydrogen) atoms. The van der Waals surface area contributed by atoms with Crippen LogP contribution in [-0.4, -0.2) is 36.5 Å². The Balaban J connectivity index is 1.57. The number of amidine groups is 1. The Morgan fingerprint density at radius 3 is 2.62 bits per heavy atom. The van der Waals surface area contributed by atoms with Gasteiger partial charge in [0.15, 0.2) is 5.84 Å². The smallest absolute Gasteiger partial charge is 0.228 e. The van der Waals surface area contributed by atoms with E-state index in [1.807, 2.05) is 42.5 Å². The Morgan fingerprint density at radius 1 is 1.03 bits per heavy atom. The maximum Gasteiger partial charge on any atom is 0.228 e. The number of halogens is 1. The van der Waals surface area contributed by atoms with Gasteiger partial charge in [-0.2, -0.15) is 0 Å². The van der Waals surface area contributed by atoms with Gasteiger partial charge < -0.3 is 23.6 Å². The van der Waals surface area contributed by atoms with Crippen molar-refractivity contribution in [3.8, 4) is 11.6 Å². The number of benzene rings is 2. The van der Waals surface area contributed by atoms with E-state index in [0.717, 1.165) is 38.1 Å². The van der Waals surface area contributed by atoms with Crippen LogP contribution in [0.25, 0.3) is 11.0 Å².